The fourth-order valence-electron chi connectivity index (χ4n) is 0.947. The van der Waals surface area contributed by atoms with E-state index in [0.29, 0.717) is 12.2 Å². The highest BCUT2D eigenvalue weighted by Crippen LogP contribution is 2.03. The third kappa shape index (κ3) is 7.30. The van der Waals surface area contributed by atoms with E-state index < -0.39 is 9.28 Å². The highest BCUT2D eigenvalue weighted by atomic mass is 28.3. The lowest BCUT2D eigenvalue weighted by atomic mass is 10.3. The molecule has 0 spiro atoms. The van der Waals surface area contributed by atoms with E-state index in [4.69, 9.17) is 13.6 Å². The van der Waals surface area contributed by atoms with Crippen LogP contribution in [0.4, 0.5) is 0 Å². The Morgan fingerprint density at radius 3 is 2.33 bits per heavy atom. The third-order valence-corrected chi connectivity index (χ3v) is 3.48. The van der Waals surface area contributed by atoms with Gasteiger partial charge in [-0.3, -0.25) is 0 Å². The van der Waals surface area contributed by atoms with Crippen LogP contribution >= 0.6 is 0 Å². The summed E-state index contributed by atoms with van der Waals surface area (Å²) in [4.78, 5) is 11.0. The fourth-order valence-corrected chi connectivity index (χ4v) is 2.06. The highest BCUT2D eigenvalue weighted by Gasteiger charge is 2.11. The van der Waals surface area contributed by atoms with Crippen LogP contribution in [0, 0.1) is 0 Å². The van der Waals surface area contributed by atoms with Gasteiger partial charge in [0.05, 0.1) is 6.61 Å². The average molecular weight is 231 g/mol. The second-order valence-corrected chi connectivity index (χ2v) is 5.21. The van der Waals surface area contributed by atoms with E-state index in [2.05, 4.69) is 6.58 Å². The topological polar surface area (TPSA) is 44.8 Å². The lowest BCUT2D eigenvalue weighted by molar-refractivity contribution is -0.139. The molecule has 0 saturated carbocycles. The molecule has 0 aliphatic carbocycles. The third-order valence-electron chi connectivity index (χ3n) is 1.81. The van der Waals surface area contributed by atoms with Gasteiger partial charge in [0.25, 0.3) is 0 Å². The Morgan fingerprint density at radius 1 is 1.27 bits per heavy atom. The molecule has 0 saturated heterocycles. The van der Waals surface area contributed by atoms with Crippen molar-refractivity contribution in [2.75, 3.05) is 20.8 Å². The molecule has 0 bridgehead atoms. The van der Waals surface area contributed by atoms with Crippen LogP contribution < -0.4 is 0 Å². The van der Waals surface area contributed by atoms with Crippen LogP contribution in [0.3, 0.4) is 0 Å². The summed E-state index contributed by atoms with van der Waals surface area (Å²) in [5.41, 5.74) is 0.438. The molecule has 0 aromatic carbocycles. The van der Waals surface area contributed by atoms with Gasteiger partial charge in [-0.2, -0.15) is 0 Å². The summed E-state index contributed by atoms with van der Waals surface area (Å²) in [7, 11) is 2.21. The normalized spacial score (nSPS) is 10.4. The predicted octanol–water partition coefficient (Wildman–Crippen LogP) is 1.67. The Balaban J connectivity index is 3.39. The molecule has 0 aromatic rings. The van der Waals surface area contributed by atoms with Gasteiger partial charge in [0.1, 0.15) is 0 Å². The molecule has 0 N–H and O–H groups in total. The number of ether oxygens (including phenoxy) is 1. The van der Waals surface area contributed by atoms with E-state index in [1.54, 1.807) is 21.1 Å². The van der Waals surface area contributed by atoms with Crippen molar-refractivity contribution in [2.45, 2.75) is 25.8 Å². The second-order valence-electron chi connectivity index (χ2n) is 3.15. The minimum atomic E-state index is -1.10. The SMILES string of the molecule is C=C(C)C(=O)OCCCC[Si](OC)OC. The van der Waals surface area contributed by atoms with Gasteiger partial charge in [-0.25, -0.2) is 4.79 Å². The van der Waals surface area contributed by atoms with E-state index in [1.807, 2.05) is 0 Å². The zero-order valence-electron chi connectivity index (χ0n) is 9.67. The Labute approximate surface area is 93.1 Å². The number of hydrogen-bond acceptors (Lipinski definition) is 4. The zero-order chi connectivity index (χ0) is 11.7. The first kappa shape index (κ1) is 14.3. The molecule has 5 heteroatoms. The Kier molecular flexibility index (Phi) is 8.26. The molecular weight excluding hydrogens is 212 g/mol. The van der Waals surface area contributed by atoms with Crippen LogP contribution in [0.5, 0.6) is 0 Å². The first-order valence-electron chi connectivity index (χ1n) is 4.88. The van der Waals surface area contributed by atoms with E-state index >= 15 is 0 Å². The van der Waals surface area contributed by atoms with Gasteiger partial charge in [-0.05, 0) is 25.8 Å². The van der Waals surface area contributed by atoms with E-state index in [-0.39, 0.29) is 5.97 Å². The molecule has 4 nitrogen and oxygen atoms in total. The Morgan fingerprint density at radius 2 is 1.87 bits per heavy atom. The van der Waals surface area contributed by atoms with Crippen molar-refractivity contribution < 1.29 is 18.4 Å². The quantitative estimate of drug-likeness (QED) is 0.276. The first-order valence-corrected chi connectivity index (χ1v) is 6.40. The van der Waals surface area contributed by atoms with Crippen molar-refractivity contribution in [3.05, 3.63) is 12.2 Å². The van der Waals surface area contributed by atoms with Crippen LogP contribution in [0.1, 0.15) is 19.8 Å². The van der Waals surface area contributed by atoms with Crippen molar-refractivity contribution in [2.24, 2.45) is 0 Å². The minimum absolute atomic E-state index is 0.320. The summed E-state index contributed by atoms with van der Waals surface area (Å²) >= 11 is 0. The van der Waals surface area contributed by atoms with Gasteiger partial charge >= 0.3 is 15.3 Å². The van der Waals surface area contributed by atoms with Gasteiger partial charge in [0, 0.05) is 19.8 Å². The summed E-state index contributed by atoms with van der Waals surface area (Å²) < 4.78 is 15.2. The first-order chi connectivity index (χ1) is 7.11. The molecule has 0 unspecified atom stereocenters. The van der Waals surface area contributed by atoms with E-state index in [9.17, 15) is 4.79 Å². The number of hydrogen-bond donors (Lipinski definition) is 0. The predicted molar refractivity (Wildman–Crippen MR) is 59.6 cm³/mol. The monoisotopic (exact) mass is 231 g/mol. The molecule has 87 valence electrons. The smallest absolute Gasteiger partial charge is 0.384 e. The highest BCUT2D eigenvalue weighted by molar-refractivity contribution is 6.44. The van der Waals surface area contributed by atoms with Crippen LogP contribution in [0.25, 0.3) is 0 Å². The second kappa shape index (κ2) is 8.64. The van der Waals surface area contributed by atoms with Crippen LogP contribution in [-0.4, -0.2) is 36.1 Å². The van der Waals surface area contributed by atoms with Crippen molar-refractivity contribution in [1.29, 1.82) is 0 Å². The molecule has 0 heterocycles. The summed E-state index contributed by atoms with van der Waals surface area (Å²) in [5.74, 6) is -0.320. The van der Waals surface area contributed by atoms with Gasteiger partial charge in [0.15, 0.2) is 0 Å². The lowest BCUT2D eigenvalue weighted by Crippen LogP contribution is -2.18. The molecule has 0 atom stereocenters. The summed E-state index contributed by atoms with van der Waals surface area (Å²) in [6.07, 6.45) is 1.78. The number of carbonyl (C=O) groups is 1. The Hall–Kier alpha value is -0.653. The molecule has 0 aromatic heterocycles. The maximum atomic E-state index is 11.0. The van der Waals surface area contributed by atoms with Crippen molar-refractivity contribution in [3.8, 4) is 0 Å². The number of unbranched alkanes of at least 4 members (excludes halogenated alkanes) is 1. The number of rotatable bonds is 8. The van der Waals surface area contributed by atoms with E-state index in [0.717, 1.165) is 18.9 Å². The van der Waals surface area contributed by atoms with Gasteiger partial charge in [-0.15, -0.1) is 0 Å². The molecule has 1 radical (unpaired) electrons. The lowest BCUT2D eigenvalue weighted by Gasteiger charge is -2.08. The largest absolute Gasteiger partial charge is 0.462 e. The molecule has 0 rings (SSSR count). The molecule has 0 amide bonds. The van der Waals surface area contributed by atoms with Gasteiger partial charge in [-0.1, -0.05) is 6.58 Å². The van der Waals surface area contributed by atoms with Crippen LogP contribution in [0.15, 0.2) is 12.2 Å². The zero-order valence-corrected chi connectivity index (χ0v) is 10.7. The molecule has 0 fully saturated rings. The molecule has 0 aliphatic heterocycles. The van der Waals surface area contributed by atoms with Gasteiger partial charge in [0.2, 0.25) is 0 Å². The van der Waals surface area contributed by atoms with Crippen molar-refractivity contribution >= 4 is 15.3 Å². The standard InChI is InChI=1S/C10H19O4Si/c1-9(2)10(11)14-7-5-6-8-15(12-3)13-4/h1,5-8H2,2-4H3. The van der Waals surface area contributed by atoms with Crippen molar-refractivity contribution in [3.63, 3.8) is 0 Å². The van der Waals surface area contributed by atoms with Crippen LogP contribution in [0.2, 0.25) is 6.04 Å². The van der Waals surface area contributed by atoms with Gasteiger partial charge < -0.3 is 13.6 Å². The number of carbonyl (C=O) groups excluding carboxylic acids is 1. The van der Waals surface area contributed by atoms with E-state index in [1.165, 1.54) is 0 Å². The maximum absolute atomic E-state index is 11.0. The fraction of sp³-hybridized carbons (Fsp3) is 0.700. The summed E-state index contributed by atoms with van der Waals surface area (Å²) in [6, 6.07) is 0.905. The molecule has 15 heavy (non-hydrogen) atoms. The average Bonchev–Trinajstić information content (AvgIpc) is 2.23. The molecule has 0 aliphatic rings. The summed E-state index contributed by atoms with van der Waals surface area (Å²) in [6.45, 7) is 5.58. The number of esters is 1. The Bertz CT molecular complexity index is 202. The summed E-state index contributed by atoms with van der Waals surface area (Å²) in [5, 5.41) is 0. The van der Waals surface area contributed by atoms with Crippen molar-refractivity contribution in [1.82, 2.24) is 0 Å². The minimum Gasteiger partial charge on any atom is -0.462 e. The molecular formula is C10H19O4Si. The van der Waals surface area contributed by atoms with Crippen LogP contribution in [-0.2, 0) is 18.4 Å². The maximum Gasteiger partial charge on any atom is 0.384 e.